The zero-order valence-corrected chi connectivity index (χ0v) is 11.4. The molecule has 1 aliphatic heterocycles. The topological polar surface area (TPSA) is 93.4 Å². The molecule has 0 unspecified atom stereocenters. The van der Waals surface area contributed by atoms with Crippen molar-refractivity contribution in [1.29, 1.82) is 0 Å². The van der Waals surface area contributed by atoms with Crippen LogP contribution in [0.1, 0.15) is 22.8 Å². The van der Waals surface area contributed by atoms with Crippen LogP contribution in [0, 0.1) is 0 Å². The Bertz CT molecular complexity index is 487. The van der Waals surface area contributed by atoms with Crippen molar-refractivity contribution < 1.29 is 14.3 Å². The highest BCUT2D eigenvalue weighted by Gasteiger charge is 2.27. The molecule has 1 aromatic rings. The molecule has 2 amide bonds. The molecule has 108 valence electrons. The Hall–Kier alpha value is -1.92. The number of carbonyl (C=O) groups excluding carboxylic acids is 2. The second-order valence-electron chi connectivity index (χ2n) is 4.79. The van der Waals surface area contributed by atoms with E-state index in [1.54, 1.807) is 24.3 Å². The lowest BCUT2D eigenvalue weighted by Gasteiger charge is -2.29. The van der Waals surface area contributed by atoms with Gasteiger partial charge in [-0.1, -0.05) is 12.1 Å². The molecule has 6 nitrogen and oxygen atoms in total. The van der Waals surface area contributed by atoms with E-state index >= 15 is 0 Å². The Balaban J connectivity index is 1.88. The van der Waals surface area contributed by atoms with E-state index in [0.29, 0.717) is 25.3 Å². The third kappa shape index (κ3) is 3.55. The number of carbonyl (C=O) groups is 2. The number of ether oxygens (including phenoxy) is 1. The molecule has 1 heterocycles. The predicted molar refractivity (Wildman–Crippen MR) is 74.0 cm³/mol. The van der Waals surface area contributed by atoms with Crippen LogP contribution in [0.25, 0.3) is 0 Å². The largest absolute Gasteiger partial charge is 0.375 e. The van der Waals surface area contributed by atoms with Crippen molar-refractivity contribution in [1.82, 2.24) is 10.6 Å². The van der Waals surface area contributed by atoms with Crippen LogP contribution in [0.15, 0.2) is 24.3 Å². The summed E-state index contributed by atoms with van der Waals surface area (Å²) in [6.07, 6.45) is -0.138. The number of benzene rings is 1. The van der Waals surface area contributed by atoms with E-state index in [1.807, 2.05) is 6.92 Å². The van der Waals surface area contributed by atoms with Crippen molar-refractivity contribution >= 4 is 11.8 Å². The zero-order valence-electron chi connectivity index (χ0n) is 11.4. The highest BCUT2D eigenvalue weighted by Crippen LogP contribution is 2.06. The summed E-state index contributed by atoms with van der Waals surface area (Å²) >= 11 is 0. The molecular weight excluding hydrogens is 258 g/mol. The first-order chi connectivity index (χ1) is 9.58. The standard InChI is InChI=1S/C14H19N3O3/c1-9-12(16-6-7-20-9)14(19)17-8-10-2-4-11(5-3-10)13(15)18/h2-5,9,12,16H,6-8H2,1H3,(H2,15,18)(H,17,19)/t9-,12+/m1/s1. The van der Waals surface area contributed by atoms with Crippen molar-refractivity contribution in [2.75, 3.05) is 13.2 Å². The van der Waals surface area contributed by atoms with Crippen molar-refractivity contribution in [3.8, 4) is 0 Å². The van der Waals surface area contributed by atoms with Crippen molar-refractivity contribution in [2.24, 2.45) is 5.73 Å². The monoisotopic (exact) mass is 277 g/mol. The molecule has 1 saturated heterocycles. The van der Waals surface area contributed by atoms with Gasteiger partial charge < -0.3 is 21.1 Å². The Labute approximate surface area is 117 Å². The quantitative estimate of drug-likeness (QED) is 0.709. The van der Waals surface area contributed by atoms with E-state index in [-0.39, 0.29) is 18.1 Å². The van der Waals surface area contributed by atoms with E-state index in [1.165, 1.54) is 0 Å². The molecule has 0 radical (unpaired) electrons. The maximum Gasteiger partial charge on any atom is 0.248 e. The van der Waals surface area contributed by atoms with E-state index < -0.39 is 5.91 Å². The molecular formula is C14H19N3O3. The minimum atomic E-state index is -0.460. The predicted octanol–water partition coefficient (Wildman–Crippen LogP) is -0.221. The Morgan fingerprint density at radius 2 is 2.10 bits per heavy atom. The van der Waals surface area contributed by atoms with Crippen LogP contribution in [0.2, 0.25) is 0 Å². The Kier molecular flexibility index (Phi) is 4.70. The van der Waals surface area contributed by atoms with E-state index in [2.05, 4.69) is 10.6 Å². The van der Waals surface area contributed by atoms with Gasteiger partial charge in [-0.3, -0.25) is 9.59 Å². The number of rotatable bonds is 4. The number of nitrogens with one attached hydrogen (secondary N) is 2. The number of hydrogen-bond donors (Lipinski definition) is 3. The lowest BCUT2D eigenvalue weighted by Crippen LogP contribution is -2.55. The Morgan fingerprint density at radius 1 is 1.40 bits per heavy atom. The molecule has 20 heavy (non-hydrogen) atoms. The lowest BCUT2D eigenvalue weighted by atomic mass is 10.1. The van der Waals surface area contributed by atoms with Crippen LogP contribution >= 0.6 is 0 Å². The van der Waals surface area contributed by atoms with Crippen LogP contribution in [-0.2, 0) is 16.1 Å². The minimum Gasteiger partial charge on any atom is -0.375 e. The lowest BCUT2D eigenvalue weighted by molar-refractivity contribution is -0.129. The zero-order chi connectivity index (χ0) is 14.5. The number of primary amides is 1. The summed E-state index contributed by atoms with van der Waals surface area (Å²) in [5.74, 6) is -0.547. The minimum absolute atomic E-state index is 0.0869. The molecule has 0 saturated carbocycles. The molecule has 1 aromatic carbocycles. The molecule has 2 atom stereocenters. The average Bonchev–Trinajstić information content (AvgIpc) is 2.45. The summed E-state index contributed by atoms with van der Waals surface area (Å²) in [4.78, 5) is 23.0. The molecule has 1 aliphatic rings. The van der Waals surface area contributed by atoms with Crippen molar-refractivity contribution in [3.05, 3.63) is 35.4 Å². The molecule has 1 fully saturated rings. The van der Waals surface area contributed by atoms with Gasteiger partial charge in [-0.15, -0.1) is 0 Å². The van der Waals surface area contributed by atoms with Gasteiger partial charge in [0.1, 0.15) is 6.04 Å². The fourth-order valence-corrected chi connectivity index (χ4v) is 2.11. The molecule has 4 N–H and O–H groups in total. The summed E-state index contributed by atoms with van der Waals surface area (Å²) in [7, 11) is 0. The first-order valence-corrected chi connectivity index (χ1v) is 6.59. The van der Waals surface area contributed by atoms with Crippen LogP contribution in [-0.4, -0.2) is 37.1 Å². The van der Waals surface area contributed by atoms with E-state index in [4.69, 9.17) is 10.5 Å². The van der Waals surface area contributed by atoms with Gasteiger partial charge in [-0.25, -0.2) is 0 Å². The summed E-state index contributed by atoms with van der Waals surface area (Å²) < 4.78 is 5.43. The summed E-state index contributed by atoms with van der Waals surface area (Å²) in [5.41, 5.74) is 6.53. The molecule has 0 aliphatic carbocycles. The number of hydrogen-bond acceptors (Lipinski definition) is 4. The molecule has 0 bridgehead atoms. The van der Waals surface area contributed by atoms with Crippen molar-refractivity contribution in [2.45, 2.75) is 25.6 Å². The maximum atomic E-state index is 12.0. The average molecular weight is 277 g/mol. The van der Waals surface area contributed by atoms with Gasteiger partial charge in [0.2, 0.25) is 11.8 Å². The highest BCUT2D eigenvalue weighted by atomic mass is 16.5. The third-order valence-corrected chi connectivity index (χ3v) is 3.30. The van der Waals surface area contributed by atoms with Gasteiger partial charge in [0.05, 0.1) is 12.7 Å². The molecule has 0 aromatic heterocycles. The molecule has 0 spiro atoms. The van der Waals surface area contributed by atoms with Gasteiger partial charge in [-0.2, -0.15) is 0 Å². The van der Waals surface area contributed by atoms with Crippen LogP contribution < -0.4 is 16.4 Å². The van der Waals surface area contributed by atoms with Crippen molar-refractivity contribution in [3.63, 3.8) is 0 Å². The van der Waals surface area contributed by atoms with E-state index in [0.717, 1.165) is 5.56 Å². The van der Waals surface area contributed by atoms with Gasteiger partial charge >= 0.3 is 0 Å². The smallest absolute Gasteiger partial charge is 0.248 e. The van der Waals surface area contributed by atoms with Gasteiger partial charge in [0.15, 0.2) is 0 Å². The summed E-state index contributed by atoms with van der Waals surface area (Å²) in [6, 6.07) is 6.51. The van der Waals surface area contributed by atoms with Crippen LogP contribution in [0.3, 0.4) is 0 Å². The van der Waals surface area contributed by atoms with Gasteiger partial charge in [-0.05, 0) is 24.6 Å². The summed E-state index contributed by atoms with van der Waals surface area (Å²) in [5, 5.41) is 5.98. The SMILES string of the molecule is C[C@H]1OCCN[C@@H]1C(=O)NCc1ccc(C(N)=O)cc1. The van der Waals surface area contributed by atoms with Crippen LogP contribution in [0.4, 0.5) is 0 Å². The third-order valence-electron chi connectivity index (χ3n) is 3.30. The van der Waals surface area contributed by atoms with Crippen LogP contribution in [0.5, 0.6) is 0 Å². The normalized spacial score (nSPS) is 22.2. The number of morpholine rings is 1. The first-order valence-electron chi connectivity index (χ1n) is 6.59. The molecule has 6 heteroatoms. The number of amides is 2. The second kappa shape index (κ2) is 6.49. The fraction of sp³-hybridized carbons (Fsp3) is 0.429. The first kappa shape index (κ1) is 14.5. The van der Waals surface area contributed by atoms with E-state index in [9.17, 15) is 9.59 Å². The summed E-state index contributed by atoms with van der Waals surface area (Å²) in [6.45, 7) is 3.58. The Morgan fingerprint density at radius 3 is 2.70 bits per heavy atom. The second-order valence-corrected chi connectivity index (χ2v) is 4.79. The van der Waals surface area contributed by atoms with Gasteiger partial charge in [0, 0.05) is 18.7 Å². The fourth-order valence-electron chi connectivity index (χ4n) is 2.11. The maximum absolute atomic E-state index is 12.0. The highest BCUT2D eigenvalue weighted by molar-refractivity contribution is 5.92. The van der Waals surface area contributed by atoms with Gasteiger partial charge in [0.25, 0.3) is 0 Å². The number of nitrogens with two attached hydrogens (primary N) is 1. The molecule has 2 rings (SSSR count).